The maximum Gasteiger partial charge on any atom is 0.238 e. The zero-order chi connectivity index (χ0) is 16.7. The van der Waals surface area contributed by atoms with Crippen LogP contribution >= 0.6 is 0 Å². The average molecular weight is 316 g/mol. The van der Waals surface area contributed by atoms with Gasteiger partial charge in [-0.3, -0.25) is 9.69 Å². The number of rotatable bonds is 7. The molecule has 0 aromatic heterocycles. The van der Waals surface area contributed by atoms with Crippen molar-refractivity contribution in [3.05, 3.63) is 59.9 Å². The Morgan fingerprint density at radius 2 is 1.96 bits per heavy atom. The average Bonchev–Trinajstić information content (AvgIpc) is 2.51. The number of halogens is 1. The number of carbonyl (C=O) groups is 1. The fourth-order valence-electron chi connectivity index (χ4n) is 2.07. The van der Waals surface area contributed by atoms with Gasteiger partial charge in [-0.05, 0) is 43.8 Å². The molecule has 0 aliphatic rings. The number of benzene rings is 2. The Kier molecular flexibility index (Phi) is 6.11. The molecule has 0 aliphatic heterocycles. The van der Waals surface area contributed by atoms with E-state index in [9.17, 15) is 9.18 Å². The van der Waals surface area contributed by atoms with Crippen molar-refractivity contribution < 1.29 is 13.9 Å². The minimum atomic E-state index is -0.423. The molecule has 0 fully saturated rings. The molecule has 5 heteroatoms. The van der Waals surface area contributed by atoms with E-state index in [0.29, 0.717) is 13.2 Å². The summed E-state index contributed by atoms with van der Waals surface area (Å²) in [4.78, 5) is 13.8. The van der Waals surface area contributed by atoms with Gasteiger partial charge >= 0.3 is 0 Å². The van der Waals surface area contributed by atoms with E-state index < -0.39 is 5.82 Å². The van der Waals surface area contributed by atoms with E-state index in [4.69, 9.17) is 4.74 Å². The highest BCUT2D eigenvalue weighted by atomic mass is 19.1. The van der Waals surface area contributed by atoms with Crippen LogP contribution < -0.4 is 10.1 Å². The molecule has 0 unspecified atom stereocenters. The maximum atomic E-state index is 13.7. The van der Waals surface area contributed by atoms with Gasteiger partial charge in [0.2, 0.25) is 5.91 Å². The second-order valence-corrected chi connectivity index (χ2v) is 5.43. The number of hydrogen-bond acceptors (Lipinski definition) is 3. The van der Waals surface area contributed by atoms with E-state index in [2.05, 4.69) is 5.32 Å². The Balaban J connectivity index is 1.74. The molecule has 2 rings (SSSR count). The van der Waals surface area contributed by atoms with Gasteiger partial charge in [0, 0.05) is 6.54 Å². The number of amides is 1. The first-order chi connectivity index (χ1) is 11.0. The Morgan fingerprint density at radius 1 is 1.22 bits per heavy atom. The minimum Gasteiger partial charge on any atom is -0.492 e. The summed E-state index contributed by atoms with van der Waals surface area (Å²) in [6.07, 6.45) is 0. The van der Waals surface area contributed by atoms with Gasteiger partial charge in [0.1, 0.15) is 18.2 Å². The number of aryl methyl sites for hydroxylation is 1. The Labute approximate surface area is 135 Å². The fraction of sp³-hybridized carbons (Fsp3) is 0.278. The highest BCUT2D eigenvalue weighted by Crippen LogP contribution is 2.15. The SMILES string of the molecule is Cc1ccc(NC(=O)CN(C)CCOc2ccccc2)c(F)c1. The van der Waals surface area contributed by atoms with E-state index >= 15 is 0 Å². The topological polar surface area (TPSA) is 41.6 Å². The number of nitrogens with zero attached hydrogens (tertiary/aromatic N) is 1. The van der Waals surface area contributed by atoms with Gasteiger partial charge in [0.05, 0.1) is 12.2 Å². The molecule has 0 saturated carbocycles. The van der Waals surface area contributed by atoms with Crippen LogP contribution in [-0.4, -0.2) is 37.6 Å². The van der Waals surface area contributed by atoms with Crippen molar-refractivity contribution in [2.75, 3.05) is 32.1 Å². The van der Waals surface area contributed by atoms with Gasteiger partial charge in [-0.2, -0.15) is 0 Å². The number of nitrogens with one attached hydrogen (secondary N) is 1. The molecule has 4 nitrogen and oxygen atoms in total. The molecule has 0 spiro atoms. The number of carbonyl (C=O) groups excluding carboxylic acids is 1. The fourth-order valence-corrected chi connectivity index (χ4v) is 2.07. The second kappa shape index (κ2) is 8.29. The lowest BCUT2D eigenvalue weighted by Gasteiger charge is -2.17. The van der Waals surface area contributed by atoms with Crippen LogP contribution in [0.25, 0.3) is 0 Å². The maximum absolute atomic E-state index is 13.7. The summed E-state index contributed by atoms with van der Waals surface area (Å²) < 4.78 is 19.3. The summed E-state index contributed by atoms with van der Waals surface area (Å²) in [5.41, 5.74) is 1.02. The standard InChI is InChI=1S/C18H21FN2O2/c1-14-8-9-17(16(19)12-14)20-18(22)13-21(2)10-11-23-15-6-4-3-5-7-15/h3-9,12H,10-11,13H2,1-2H3,(H,20,22). The molecule has 122 valence electrons. The number of likely N-dealkylation sites (N-methyl/N-ethyl adjacent to an activating group) is 1. The van der Waals surface area contributed by atoms with Gasteiger partial charge in [-0.1, -0.05) is 24.3 Å². The molecule has 0 bridgehead atoms. The summed E-state index contributed by atoms with van der Waals surface area (Å²) in [7, 11) is 1.82. The number of hydrogen-bond donors (Lipinski definition) is 1. The zero-order valence-electron chi connectivity index (χ0n) is 13.4. The Hall–Kier alpha value is -2.40. The van der Waals surface area contributed by atoms with Crippen LogP contribution in [0.3, 0.4) is 0 Å². The molecule has 23 heavy (non-hydrogen) atoms. The van der Waals surface area contributed by atoms with Gasteiger partial charge in [0.25, 0.3) is 0 Å². The van der Waals surface area contributed by atoms with Crippen molar-refractivity contribution in [2.24, 2.45) is 0 Å². The van der Waals surface area contributed by atoms with E-state index in [-0.39, 0.29) is 18.1 Å². The predicted octanol–water partition coefficient (Wildman–Crippen LogP) is 3.08. The molecule has 0 radical (unpaired) electrons. The lowest BCUT2D eigenvalue weighted by Crippen LogP contribution is -2.33. The molecular formula is C18H21FN2O2. The van der Waals surface area contributed by atoms with E-state index in [0.717, 1.165) is 11.3 Å². The lowest BCUT2D eigenvalue weighted by molar-refractivity contribution is -0.117. The monoisotopic (exact) mass is 316 g/mol. The molecule has 0 saturated heterocycles. The first-order valence-corrected chi connectivity index (χ1v) is 7.47. The Morgan fingerprint density at radius 3 is 2.65 bits per heavy atom. The second-order valence-electron chi connectivity index (χ2n) is 5.43. The third-order valence-corrected chi connectivity index (χ3v) is 3.30. The quantitative estimate of drug-likeness (QED) is 0.853. The van der Waals surface area contributed by atoms with Crippen LogP contribution in [0.15, 0.2) is 48.5 Å². The summed E-state index contributed by atoms with van der Waals surface area (Å²) in [6.45, 7) is 3.05. The normalized spacial score (nSPS) is 10.6. The van der Waals surface area contributed by atoms with Crippen molar-refractivity contribution in [1.29, 1.82) is 0 Å². The predicted molar refractivity (Wildman–Crippen MR) is 89.2 cm³/mol. The smallest absolute Gasteiger partial charge is 0.238 e. The molecule has 0 atom stereocenters. The van der Waals surface area contributed by atoms with E-state index in [1.807, 2.05) is 42.3 Å². The van der Waals surface area contributed by atoms with Crippen LogP contribution in [0.5, 0.6) is 5.75 Å². The van der Waals surface area contributed by atoms with Crippen molar-refractivity contribution in [1.82, 2.24) is 4.90 Å². The first kappa shape index (κ1) is 17.0. The van der Waals surface area contributed by atoms with Crippen LogP contribution in [-0.2, 0) is 4.79 Å². The molecule has 2 aromatic carbocycles. The molecule has 0 aliphatic carbocycles. The molecule has 2 aromatic rings. The summed E-state index contributed by atoms with van der Waals surface area (Å²) >= 11 is 0. The third-order valence-electron chi connectivity index (χ3n) is 3.30. The van der Waals surface area contributed by atoms with Gasteiger partial charge in [-0.25, -0.2) is 4.39 Å². The molecule has 1 amide bonds. The van der Waals surface area contributed by atoms with Crippen LogP contribution in [0.1, 0.15) is 5.56 Å². The van der Waals surface area contributed by atoms with E-state index in [1.54, 1.807) is 19.1 Å². The van der Waals surface area contributed by atoms with Crippen LogP contribution in [0, 0.1) is 12.7 Å². The van der Waals surface area contributed by atoms with Crippen LogP contribution in [0.2, 0.25) is 0 Å². The van der Waals surface area contributed by atoms with E-state index in [1.165, 1.54) is 6.07 Å². The van der Waals surface area contributed by atoms with Crippen molar-refractivity contribution >= 4 is 11.6 Å². The zero-order valence-corrected chi connectivity index (χ0v) is 13.4. The molecule has 0 heterocycles. The third kappa shape index (κ3) is 5.71. The summed E-state index contributed by atoms with van der Waals surface area (Å²) in [6, 6.07) is 14.2. The summed E-state index contributed by atoms with van der Waals surface area (Å²) in [5.74, 6) is 0.121. The number of para-hydroxylation sites is 1. The number of anilines is 1. The lowest BCUT2D eigenvalue weighted by atomic mass is 10.2. The Bertz CT molecular complexity index is 647. The van der Waals surface area contributed by atoms with Crippen molar-refractivity contribution in [2.45, 2.75) is 6.92 Å². The molecular weight excluding hydrogens is 295 g/mol. The van der Waals surface area contributed by atoms with Gasteiger partial charge in [-0.15, -0.1) is 0 Å². The highest BCUT2D eigenvalue weighted by Gasteiger charge is 2.10. The van der Waals surface area contributed by atoms with Crippen molar-refractivity contribution in [3.8, 4) is 5.75 Å². The summed E-state index contributed by atoms with van der Waals surface area (Å²) in [5, 5.41) is 2.58. The molecule has 1 N–H and O–H groups in total. The largest absolute Gasteiger partial charge is 0.492 e. The van der Waals surface area contributed by atoms with Crippen LogP contribution in [0.4, 0.5) is 10.1 Å². The van der Waals surface area contributed by atoms with Gasteiger partial charge in [0.15, 0.2) is 0 Å². The van der Waals surface area contributed by atoms with Crippen molar-refractivity contribution in [3.63, 3.8) is 0 Å². The minimum absolute atomic E-state index is 0.172. The number of ether oxygens (including phenoxy) is 1. The highest BCUT2D eigenvalue weighted by molar-refractivity contribution is 5.92. The first-order valence-electron chi connectivity index (χ1n) is 7.47. The van der Waals surface area contributed by atoms with Gasteiger partial charge < -0.3 is 10.1 Å².